The first-order valence-corrected chi connectivity index (χ1v) is 11.8. The van der Waals surface area contributed by atoms with Crippen LogP contribution in [0.2, 0.25) is 0 Å². The molecule has 3 aromatic rings. The molecule has 1 aromatic carbocycles. The van der Waals surface area contributed by atoms with Crippen LogP contribution in [0.4, 0.5) is 8.78 Å². The number of thioether (sulfide) groups is 1. The average molecular weight is 467 g/mol. The molecular weight excluding hydrogens is 442 g/mol. The van der Waals surface area contributed by atoms with Crippen molar-refractivity contribution in [1.82, 2.24) is 19.9 Å². The molecule has 0 aliphatic carbocycles. The number of carbonyl (C=O) groups excluding carboxylic acids is 1. The summed E-state index contributed by atoms with van der Waals surface area (Å²) in [5.41, 5.74) is 2.96. The summed E-state index contributed by atoms with van der Waals surface area (Å²) < 4.78 is 27.3. The van der Waals surface area contributed by atoms with Crippen molar-refractivity contribution in [3.8, 4) is 0 Å². The van der Waals surface area contributed by atoms with Crippen molar-refractivity contribution in [3.63, 3.8) is 0 Å². The van der Waals surface area contributed by atoms with Crippen LogP contribution in [-0.4, -0.2) is 38.8 Å². The van der Waals surface area contributed by atoms with Gasteiger partial charge in [0.2, 0.25) is 5.91 Å². The average Bonchev–Trinajstić information content (AvgIpc) is 2.85. The third-order valence-corrected chi connectivity index (χ3v) is 6.47. The number of aryl methyl sites for hydroxylation is 1. The monoisotopic (exact) mass is 466 g/mol. The summed E-state index contributed by atoms with van der Waals surface area (Å²) in [5.74, 6) is -1.33. The van der Waals surface area contributed by atoms with Crippen LogP contribution in [0.1, 0.15) is 41.3 Å². The highest BCUT2D eigenvalue weighted by Crippen LogP contribution is 2.29. The number of aromatic nitrogens is 3. The van der Waals surface area contributed by atoms with Gasteiger partial charge in [-0.3, -0.25) is 9.78 Å². The van der Waals surface area contributed by atoms with Crippen LogP contribution in [0.5, 0.6) is 0 Å². The first-order valence-electron chi connectivity index (χ1n) is 10.8. The molecule has 1 fully saturated rings. The molecule has 4 rings (SSSR count). The lowest BCUT2D eigenvalue weighted by atomic mass is 9.92. The topological polar surface area (TPSA) is 59.0 Å². The first kappa shape index (κ1) is 23.0. The fraction of sp³-hybridized carbons (Fsp3) is 0.280. The highest BCUT2D eigenvalue weighted by molar-refractivity contribution is 7.98. The lowest BCUT2D eigenvalue weighted by Crippen LogP contribution is -2.38. The Morgan fingerprint density at radius 1 is 1.21 bits per heavy atom. The molecule has 170 valence electrons. The van der Waals surface area contributed by atoms with Crippen LogP contribution in [0, 0.1) is 18.6 Å². The molecule has 2 aromatic heterocycles. The van der Waals surface area contributed by atoms with Crippen LogP contribution < -0.4 is 0 Å². The molecule has 1 aliphatic heterocycles. The maximum Gasteiger partial charge on any atom is 0.246 e. The summed E-state index contributed by atoms with van der Waals surface area (Å²) in [6.45, 7) is 3.13. The van der Waals surface area contributed by atoms with E-state index in [1.807, 2.05) is 31.3 Å². The Morgan fingerprint density at radius 2 is 2.09 bits per heavy atom. The molecular formula is C25H24F2N4OS. The van der Waals surface area contributed by atoms with E-state index in [4.69, 9.17) is 4.98 Å². The van der Waals surface area contributed by atoms with E-state index in [1.165, 1.54) is 36.0 Å². The third kappa shape index (κ3) is 5.82. The Morgan fingerprint density at radius 3 is 2.91 bits per heavy atom. The Balaban J connectivity index is 1.43. The number of halogens is 2. The Bertz CT molecular complexity index is 1160. The lowest BCUT2D eigenvalue weighted by Gasteiger charge is -2.32. The summed E-state index contributed by atoms with van der Waals surface area (Å²) >= 11 is 1.53. The number of likely N-dealkylation sites (tertiary alicyclic amines) is 1. The van der Waals surface area contributed by atoms with Gasteiger partial charge in [-0.25, -0.2) is 18.7 Å². The van der Waals surface area contributed by atoms with Gasteiger partial charge in [-0.1, -0.05) is 30.0 Å². The van der Waals surface area contributed by atoms with E-state index in [2.05, 4.69) is 9.97 Å². The van der Waals surface area contributed by atoms with Crippen molar-refractivity contribution >= 4 is 23.7 Å². The second-order valence-corrected chi connectivity index (χ2v) is 8.87. The van der Waals surface area contributed by atoms with Gasteiger partial charge in [-0.15, -0.1) is 0 Å². The first-order chi connectivity index (χ1) is 16.0. The number of amides is 1. The Hall–Kier alpha value is -3.13. The van der Waals surface area contributed by atoms with Crippen LogP contribution in [0.3, 0.4) is 0 Å². The van der Waals surface area contributed by atoms with Crippen LogP contribution in [-0.2, 0) is 10.5 Å². The quantitative estimate of drug-likeness (QED) is 0.285. The fourth-order valence-corrected chi connectivity index (χ4v) is 4.60. The van der Waals surface area contributed by atoms with Crippen molar-refractivity contribution in [2.75, 3.05) is 13.1 Å². The zero-order chi connectivity index (χ0) is 23.2. The molecule has 0 N–H and O–H groups in total. The van der Waals surface area contributed by atoms with Crippen LogP contribution in [0.25, 0.3) is 6.08 Å². The maximum absolute atomic E-state index is 13.9. The third-order valence-electron chi connectivity index (χ3n) is 5.57. The minimum absolute atomic E-state index is 0.0538. The van der Waals surface area contributed by atoms with E-state index >= 15 is 0 Å². The second-order valence-electron chi connectivity index (χ2n) is 7.93. The van der Waals surface area contributed by atoms with Gasteiger partial charge in [-0.2, -0.15) is 0 Å². The van der Waals surface area contributed by atoms with Gasteiger partial charge in [0.05, 0.1) is 11.4 Å². The zero-order valence-electron chi connectivity index (χ0n) is 18.2. The minimum atomic E-state index is -0.953. The van der Waals surface area contributed by atoms with Gasteiger partial charge in [0, 0.05) is 48.8 Å². The minimum Gasteiger partial charge on any atom is -0.338 e. The van der Waals surface area contributed by atoms with Gasteiger partial charge < -0.3 is 4.90 Å². The predicted molar refractivity (Wildman–Crippen MR) is 125 cm³/mol. The molecule has 1 aliphatic rings. The summed E-state index contributed by atoms with van der Waals surface area (Å²) in [4.78, 5) is 28.1. The maximum atomic E-state index is 13.9. The second kappa shape index (κ2) is 10.7. The van der Waals surface area contributed by atoms with E-state index in [0.29, 0.717) is 24.0 Å². The Labute approximate surface area is 196 Å². The molecule has 0 spiro atoms. The molecule has 0 saturated carbocycles. The summed E-state index contributed by atoms with van der Waals surface area (Å²) in [6.07, 6.45) is 8.00. The van der Waals surface area contributed by atoms with Crippen molar-refractivity contribution < 1.29 is 13.6 Å². The number of nitrogens with zero attached hydrogens (tertiary/aromatic N) is 4. The van der Waals surface area contributed by atoms with Crippen molar-refractivity contribution in [2.45, 2.75) is 36.6 Å². The van der Waals surface area contributed by atoms with Crippen LogP contribution in [0.15, 0.2) is 60.0 Å². The van der Waals surface area contributed by atoms with Gasteiger partial charge in [0.15, 0.2) is 16.8 Å². The van der Waals surface area contributed by atoms with E-state index in [0.717, 1.165) is 35.9 Å². The standard InChI is InChI=1S/C25H24F2N4OS/c1-17-14-29-25(33-16-20-8-2-3-12-28-20)30-24(17)19-7-5-13-31(15-19)22(32)11-10-18-6-4-9-21(26)23(18)27/h2-4,6,8-12,14,19H,5,7,13,15-16H2,1H3/b11-10+/t19-/m1/s1. The molecule has 0 bridgehead atoms. The highest BCUT2D eigenvalue weighted by atomic mass is 32.2. The molecule has 0 radical (unpaired) electrons. The SMILES string of the molecule is Cc1cnc(SCc2ccccn2)nc1[C@@H]1CCCN(C(=O)/C=C/c2cccc(F)c2F)C1. The van der Waals surface area contributed by atoms with Gasteiger partial charge in [0.25, 0.3) is 0 Å². The largest absolute Gasteiger partial charge is 0.338 e. The van der Waals surface area contributed by atoms with E-state index in [-0.39, 0.29) is 17.4 Å². The summed E-state index contributed by atoms with van der Waals surface area (Å²) in [5, 5.41) is 0.686. The van der Waals surface area contributed by atoms with E-state index < -0.39 is 11.6 Å². The number of benzene rings is 1. The number of rotatable bonds is 6. The van der Waals surface area contributed by atoms with Crippen molar-refractivity contribution in [3.05, 3.63) is 89.0 Å². The molecule has 1 amide bonds. The number of piperidine rings is 1. The fourth-order valence-electron chi connectivity index (χ4n) is 3.86. The van der Waals surface area contributed by atoms with Crippen molar-refractivity contribution in [2.24, 2.45) is 0 Å². The smallest absolute Gasteiger partial charge is 0.246 e. The van der Waals surface area contributed by atoms with E-state index in [1.54, 1.807) is 11.1 Å². The molecule has 5 nitrogen and oxygen atoms in total. The number of hydrogen-bond acceptors (Lipinski definition) is 5. The number of hydrogen-bond donors (Lipinski definition) is 0. The van der Waals surface area contributed by atoms with Gasteiger partial charge in [0.1, 0.15) is 0 Å². The van der Waals surface area contributed by atoms with Crippen LogP contribution >= 0.6 is 11.8 Å². The molecule has 0 unspecified atom stereocenters. The van der Waals surface area contributed by atoms with Gasteiger partial charge in [-0.05, 0) is 49.6 Å². The summed E-state index contributed by atoms with van der Waals surface area (Å²) in [6, 6.07) is 9.72. The molecule has 1 atom stereocenters. The molecule has 1 saturated heterocycles. The number of carbonyl (C=O) groups is 1. The van der Waals surface area contributed by atoms with Crippen molar-refractivity contribution in [1.29, 1.82) is 0 Å². The molecule has 8 heteroatoms. The number of pyridine rings is 1. The Kier molecular flexibility index (Phi) is 7.44. The van der Waals surface area contributed by atoms with E-state index in [9.17, 15) is 13.6 Å². The van der Waals surface area contributed by atoms with Gasteiger partial charge >= 0.3 is 0 Å². The lowest BCUT2D eigenvalue weighted by molar-refractivity contribution is -0.127. The molecule has 3 heterocycles. The normalized spacial score (nSPS) is 16.3. The zero-order valence-corrected chi connectivity index (χ0v) is 19.1. The highest BCUT2D eigenvalue weighted by Gasteiger charge is 2.26. The summed E-state index contributed by atoms with van der Waals surface area (Å²) in [7, 11) is 0. The molecule has 33 heavy (non-hydrogen) atoms. The predicted octanol–water partition coefficient (Wildman–Crippen LogP) is 5.17.